The molecule has 0 aromatic heterocycles. The van der Waals surface area contributed by atoms with E-state index in [1.54, 1.807) is 24.4 Å². The maximum atomic E-state index is 3.75. The molecule has 0 saturated carbocycles. The zero-order valence-electron chi connectivity index (χ0n) is 4.64. The van der Waals surface area contributed by atoms with E-state index < -0.39 is 0 Å². The van der Waals surface area contributed by atoms with Crippen LogP contribution in [0.5, 0.6) is 0 Å². The molecule has 0 rings (SSSR count). The Kier molecular flexibility index (Phi) is 3.80. The Morgan fingerprint density at radius 1 is 1.86 bits per heavy atom. The van der Waals surface area contributed by atoms with Crippen LogP contribution in [0.15, 0.2) is 16.5 Å². The van der Waals surface area contributed by atoms with Gasteiger partial charge in [0.05, 0.1) is 5.55 Å². The van der Waals surface area contributed by atoms with E-state index in [1.165, 1.54) is 0 Å². The average molecular weight is 115 g/mol. The third kappa shape index (κ3) is 5.76. The van der Waals surface area contributed by atoms with Crippen LogP contribution in [0.4, 0.5) is 0 Å². The number of hydrogen-bond acceptors (Lipinski definition) is 2. The molecule has 0 aliphatic rings. The third-order valence-electron chi connectivity index (χ3n) is 0.359. The Labute approximate surface area is 48.5 Å². The molecule has 7 heavy (non-hydrogen) atoms. The van der Waals surface area contributed by atoms with Gasteiger partial charge in [0.25, 0.3) is 0 Å². The highest BCUT2D eigenvalue weighted by molar-refractivity contribution is 8.15. The fourth-order valence-corrected chi connectivity index (χ4v) is 0.428. The molecule has 0 saturated heterocycles. The molecule has 0 heterocycles. The van der Waals surface area contributed by atoms with Crippen LogP contribution >= 0.6 is 11.8 Å². The van der Waals surface area contributed by atoms with E-state index >= 15 is 0 Å². The first-order valence-corrected chi connectivity index (χ1v) is 2.88. The Balaban J connectivity index is 3.14. The van der Waals surface area contributed by atoms with E-state index in [2.05, 4.69) is 11.6 Å². The van der Waals surface area contributed by atoms with Crippen LogP contribution in [0, 0.1) is 0 Å². The molecular formula is C5H9NS. The first-order chi connectivity index (χ1) is 3.27. The summed E-state index contributed by atoms with van der Waals surface area (Å²) in [5, 5.41) is 0. The first-order valence-electron chi connectivity index (χ1n) is 2.00. The Morgan fingerprint density at radius 2 is 2.43 bits per heavy atom. The Bertz CT molecular complexity index is 86.1. The minimum Gasteiger partial charge on any atom is -0.289 e. The highest BCUT2D eigenvalue weighted by Crippen LogP contribution is 2.06. The lowest BCUT2D eigenvalue weighted by atomic mass is 10.8. The molecule has 0 aromatic carbocycles. The number of hydrogen-bond donors (Lipinski definition) is 0. The predicted molar refractivity (Wildman–Crippen MR) is 36.8 cm³/mol. The fraction of sp³-hybridized carbons (Fsp3) is 0.400. The smallest absolute Gasteiger partial charge is 0.0582 e. The summed E-state index contributed by atoms with van der Waals surface area (Å²) < 4.78 is 0. The van der Waals surface area contributed by atoms with E-state index in [1.807, 2.05) is 6.92 Å². The van der Waals surface area contributed by atoms with Gasteiger partial charge in [0, 0.05) is 7.05 Å². The number of rotatable bonds is 2. The maximum Gasteiger partial charge on any atom is 0.0582 e. The molecule has 0 amide bonds. The van der Waals surface area contributed by atoms with Crippen molar-refractivity contribution in [2.24, 2.45) is 4.99 Å². The summed E-state index contributed by atoms with van der Waals surface area (Å²) in [6.45, 7) is 5.62. The highest BCUT2D eigenvalue weighted by atomic mass is 32.2. The first kappa shape index (κ1) is 6.76. The van der Waals surface area contributed by atoms with Gasteiger partial charge in [-0.15, -0.1) is 0 Å². The van der Waals surface area contributed by atoms with Crippen molar-refractivity contribution in [2.75, 3.05) is 7.05 Å². The SMILES string of the molecule is C=C(C)SC=NC. The van der Waals surface area contributed by atoms with Crippen LogP contribution in [0.1, 0.15) is 6.92 Å². The lowest BCUT2D eigenvalue weighted by molar-refractivity contribution is 1.49. The standard InChI is InChI=1S/C5H9NS/c1-5(2)7-4-6-3/h4H,1H2,2-3H3. The van der Waals surface area contributed by atoms with Gasteiger partial charge in [-0.25, -0.2) is 0 Å². The monoisotopic (exact) mass is 115 g/mol. The third-order valence-corrected chi connectivity index (χ3v) is 1.08. The summed E-state index contributed by atoms with van der Waals surface area (Å²) in [5.41, 5.74) is 1.77. The number of allylic oxidation sites excluding steroid dienone is 1. The van der Waals surface area contributed by atoms with Gasteiger partial charge < -0.3 is 0 Å². The molecule has 0 radical (unpaired) electrons. The summed E-state index contributed by atoms with van der Waals surface area (Å²) >= 11 is 1.55. The molecule has 0 unspecified atom stereocenters. The molecule has 0 N–H and O–H groups in total. The number of thioether (sulfide) groups is 1. The second-order valence-electron chi connectivity index (χ2n) is 1.18. The fourth-order valence-electron chi connectivity index (χ4n) is 0.143. The van der Waals surface area contributed by atoms with Crippen LogP contribution in [0.2, 0.25) is 0 Å². The molecule has 0 aliphatic heterocycles. The van der Waals surface area contributed by atoms with Crippen molar-refractivity contribution in [1.82, 2.24) is 0 Å². The van der Waals surface area contributed by atoms with Crippen LogP contribution in [0.25, 0.3) is 0 Å². The van der Waals surface area contributed by atoms with Gasteiger partial charge in [-0.2, -0.15) is 0 Å². The molecule has 0 aliphatic carbocycles. The van der Waals surface area contributed by atoms with Gasteiger partial charge in [-0.05, 0) is 11.8 Å². The summed E-state index contributed by atoms with van der Waals surface area (Å²) in [6, 6.07) is 0. The van der Waals surface area contributed by atoms with Crippen molar-refractivity contribution in [3.63, 3.8) is 0 Å². The lowest BCUT2D eigenvalue weighted by Crippen LogP contribution is -1.61. The Morgan fingerprint density at radius 3 is 2.57 bits per heavy atom. The Hall–Kier alpha value is -0.240. The number of nitrogens with zero attached hydrogens (tertiary/aromatic N) is 1. The molecule has 0 atom stereocenters. The normalized spacial score (nSPS) is 10.0. The maximum absolute atomic E-state index is 3.75. The molecular weight excluding hydrogens is 106 g/mol. The summed E-state index contributed by atoms with van der Waals surface area (Å²) in [7, 11) is 1.75. The molecule has 40 valence electrons. The van der Waals surface area contributed by atoms with Gasteiger partial charge in [0.2, 0.25) is 0 Å². The van der Waals surface area contributed by atoms with E-state index in [9.17, 15) is 0 Å². The van der Waals surface area contributed by atoms with Crippen LogP contribution in [-0.4, -0.2) is 12.6 Å². The van der Waals surface area contributed by atoms with Gasteiger partial charge in [-0.1, -0.05) is 18.3 Å². The molecule has 0 bridgehead atoms. The summed E-state index contributed by atoms with van der Waals surface area (Å²) in [5.74, 6) is 0. The summed E-state index contributed by atoms with van der Waals surface area (Å²) in [4.78, 5) is 4.83. The van der Waals surface area contributed by atoms with Crippen molar-refractivity contribution in [3.8, 4) is 0 Å². The van der Waals surface area contributed by atoms with Crippen LogP contribution in [0.3, 0.4) is 0 Å². The highest BCUT2D eigenvalue weighted by Gasteiger charge is 1.75. The topological polar surface area (TPSA) is 12.4 Å². The molecule has 2 heteroatoms. The van der Waals surface area contributed by atoms with E-state index in [0.29, 0.717) is 0 Å². The van der Waals surface area contributed by atoms with E-state index in [4.69, 9.17) is 0 Å². The van der Waals surface area contributed by atoms with Gasteiger partial charge in [0.15, 0.2) is 0 Å². The van der Waals surface area contributed by atoms with Gasteiger partial charge in [-0.3, -0.25) is 4.99 Å². The van der Waals surface area contributed by atoms with E-state index in [0.717, 1.165) is 4.91 Å². The second kappa shape index (κ2) is 3.93. The van der Waals surface area contributed by atoms with Crippen molar-refractivity contribution in [2.45, 2.75) is 6.92 Å². The average Bonchev–Trinajstić information content (AvgIpc) is 1.61. The lowest BCUT2D eigenvalue weighted by Gasteiger charge is -1.83. The predicted octanol–water partition coefficient (Wildman–Crippen LogP) is 1.91. The quantitative estimate of drug-likeness (QED) is 0.395. The van der Waals surface area contributed by atoms with Crippen molar-refractivity contribution >= 4 is 17.3 Å². The van der Waals surface area contributed by atoms with Crippen molar-refractivity contribution in [3.05, 3.63) is 11.5 Å². The minimum atomic E-state index is 1.07. The summed E-state index contributed by atoms with van der Waals surface area (Å²) in [6.07, 6.45) is 0. The molecule has 0 spiro atoms. The second-order valence-corrected chi connectivity index (χ2v) is 2.33. The molecule has 0 fully saturated rings. The van der Waals surface area contributed by atoms with Gasteiger partial charge in [0.1, 0.15) is 0 Å². The largest absolute Gasteiger partial charge is 0.289 e. The van der Waals surface area contributed by atoms with E-state index in [-0.39, 0.29) is 0 Å². The minimum absolute atomic E-state index is 1.07. The number of aliphatic imine (C=N–C) groups is 1. The zero-order valence-corrected chi connectivity index (χ0v) is 5.46. The van der Waals surface area contributed by atoms with Crippen LogP contribution in [-0.2, 0) is 0 Å². The molecule has 1 nitrogen and oxygen atoms in total. The van der Waals surface area contributed by atoms with Gasteiger partial charge >= 0.3 is 0 Å². The van der Waals surface area contributed by atoms with Crippen LogP contribution < -0.4 is 0 Å². The molecule has 0 aromatic rings. The zero-order chi connectivity index (χ0) is 5.70. The van der Waals surface area contributed by atoms with Crippen molar-refractivity contribution < 1.29 is 0 Å². The van der Waals surface area contributed by atoms with Crippen molar-refractivity contribution in [1.29, 1.82) is 0 Å².